The molecule has 1 aliphatic heterocycles. The maximum absolute atomic E-state index is 12.1. The van der Waals surface area contributed by atoms with Crippen molar-refractivity contribution >= 4 is 21.6 Å². The van der Waals surface area contributed by atoms with Gasteiger partial charge in [0.05, 0.1) is 4.90 Å². The van der Waals surface area contributed by atoms with Gasteiger partial charge in [0.15, 0.2) is 0 Å². The monoisotopic (exact) mass is 258 g/mol. The van der Waals surface area contributed by atoms with E-state index in [1.165, 1.54) is 22.6 Å². The summed E-state index contributed by atoms with van der Waals surface area (Å²) in [6, 6.07) is 2.83. The van der Waals surface area contributed by atoms with Gasteiger partial charge < -0.3 is 0 Å². The van der Waals surface area contributed by atoms with Crippen molar-refractivity contribution < 1.29 is 8.42 Å². The van der Waals surface area contributed by atoms with Gasteiger partial charge in [-0.25, -0.2) is 13.4 Å². The van der Waals surface area contributed by atoms with Gasteiger partial charge in [0.25, 0.3) is 0 Å². The number of nitrogens with zero attached hydrogens (tertiary/aromatic N) is 2. The van der Waals surface area contributed by atoms with E-state index in [0.29, 0.717) is 13.1 Å². The van der Waals surface area contributed by atoms with Crippen molar-refractivity contribution in [2.24, 2.45) is 0 Å². The highest BCUT2D eigenvalue weighted by Crippen LogP contribution is 2.19. The van der Waals surface area contributed by atoms with Crippen molar-refractivity contribution in [3.8, 4) is 0 Å². The van der Waals surface area contributed by atoms with Crippen LogP contribution in [-0.2, 0) is 10.0 Å². The minimum Gasteiger partial charge on any atom is -0.244 e. The third-order valence-electron chi connectivity index (χ3n) is 2.36. The van der Waals surface area contributed by atoms with Crippen molar-refractivity contribution in [3.63, 3.8) is 0 Å². The normalized spacial score (nSPS) is 17.6. The SMILES string of the molecule is O=S(=O)(c1ccnc(Cl)c1)N1CC=CCC1. The Labute approximate surface area is 99.6 Å². The molecule has 0 radical (unpaired) electrons. The number of sulfonamides is 1. The van der Waals surface area contributed by atoms with Gasteiger partial charge >= 0.3 is 0 Å². The van der Waals surface area contributed by atoms with Gasteiger partial charge in [-0.05, 0) is 18.6 Å². The molecule has 0 unspecified atom stereocenters. The second-order valence-corrected chi connectivity index (χ2v) is 5.76. The van der Waals surface area contributed by atoms with Gasteiger partial charge in [0.2, 0.25) is 10.0 Å². The molecule has 1 aliphatic rings. The number of rotatable bonds is 2. The molecule has 6 heteroatoms. The first kappa shape index (κ1) is 11.6. The number of hydrogen-bond acceptors (Lipinski definition) is 3. The molecule has 2 rings (SSSR count). The molecule has 86 valence electrons. The van der Waals surface area contributed by atoms with Crippen LogP contribution in [0.3, 0.4) is 0 Å². The lowest BCUT2D eigenvalue weighted by molar-refractivity contribution is 0.437. The van der Waals surface area contributed by atoms with Crippen LogP contribution in [0.25, 0.3) is 0 Å². The van der Waals surface area contributed by atoms with Crippen LogP contribution in [0.5, 0.6) is 0 Å². The smallest absolute Gasteiger partial charge is 0.243 e. The van der Waals surface area contributed by atoms with E-state index in [9.17, 15) is 8.42 Å². The average Bonchev–Trinajstić information content (AvgIpc) is 2.30. The molecule has 0 atom stereocenters. The fourth-order valence-electron chi connectivity index (χ4n) is 1.53. The van der Waals surface area contributed by atoms with Crippen LogP contribution in [0.2, 0.25) is 5.15 Å². The highest BCUT2D eigenvalue weighted by molar-refractivity contribution is 7.89. The average molecular weight is 259 g/mol. The Morgan fingerprint density at radius 2 is 2.19 bits per heavy atom. The molecular formula is C10H11ClN2O2S. The van der Waals surface area contributed by atoms with Gasteiger partial charge in [-0.2, -0.15) is 4.31 Å². The fourth-order valence-corrected chi connectivity index (χ4v) is 3.19. The van der Waals surface area contributed by atoms with E-state index < -0.39 is 10.0 Å². The predicted octanol–water partition coefficient (Wildman–Crippen LogP) is 1.69. The maximum atomic E-state index is 12.1. The third-order valence-corrected chi connectivity index (χ3v) is 4.42. The lowest BCUT2D eigenvalue weighted by Crippen LogP contribution is -2.33. The molecule has 4 nitrogen and oxygen atoms in total. The van der Waals surface area contributed by atoms with Crippen LogP contribution in [0.4, 0.5) is 0 Å². The summed E-state index contributed by atoms with van der Waals surface area (Å²) in [5.74, 6) is 0. The molecule has 16 heavy (non-hydrogen) atoms. The molecule has 0 aromatic carbocycles. The predicted molar refractivity (Wildman–Crippen MR) is 61.8 cm³/mol. The lowest BCUT2D eigenvalue weighted by Gasteiger charge is -2.22. The highest BCUT2D eigenvalue weighted by atomic mass is 35.5. The van der Waals surface area contributed by atoms with Gasteiger partial charge in [0.1, 0.15) is 5.15 Å². The number of aromatic nitrogens is 1. The van der Waals surface area contributed by atoms with Crippen LogP contribution in [0, 0.1) is 0 Å². The second-order valence-electron chi connectivity index (χ2n) is 3.44. The number of hydrogen-bond donors (Lipinski definition) is 0. The largest absolute Gasteiger partial charge is 0.244 e. The molecule has 0 saturated heterocycles. The summed E-state index contributed by atoms with van der Waals surface area (Å²) in [5.41, 5.74) is 0. The van der Waals surface area contributed by atoms with Crippen molar-refractivity contribution in [2.75, 3.05) is 13.1 Å². The Morgan fingerprint density at radius 3 is 2.81 bits per heavy atom. The molecule has 2 heterocycles. The summed E-state index contributed by atoms with van der Waals surface area (Å²) in [4.78, 5) is 3.96. The van der Waals surface area contributed by atoms with Crippen LogP contribution >= 0.6 is 11.6 Å². The highest BCUT2D eigenvalue weighted by Gasteiger charge is 2.24. The molecule has 0 fully saturated rings. The quantitative estimate of drug-likeness (QED) is 0.599. The Hall–Kier alpha value is -0.910. The molecule has 1 aromatic rings. The molecular weight excluding hydrogens is 248 g/mol. The minimum atomic E-state index is -3.43. The van der Waals surface area contributed by atoms with Gasteiger partial charge in [-0.3, -0.25) is 0 Å². The second kappa shape index (κ2) is 4.53. The summed E-state index contributed by atoms with van der Waals surface area (Å²) in [6.07, 6.45) is 5.97. The molecule has 0 saturated carbocycles. The number of halogens is 1. The van der Waals surface area contributed by atoms with E-state index in [-0.39, 0.29) is 10.0 Å². The Balaban J connectivity index is 2.35. The molecule has 0 bridgehead atoms. The summed E-state index contributed by atoms with van der Waals surface area (Å²) in [7, 11) is -3.43. The summed E-state index contributed by atoms with van der Waals surface area (Å²) in [5, 5.41) is 0.189. The zero-order valence-electron chi connectivity index (χ0n) is 8.51. The topological polar surface area (TPSA) is 50.3 Å². The molecule has 0 N–H and O–H groups in total. The van der Waals surface area contributed by atoms with Crippen molar-refractivity contribution in [3.05, 3.63) is 35.6 Å². The first-order valence-corrected chi connectivity index (χ1v) is 6.69. The fraction of sp³-hybridized carbons (Fsp3) is 0.300. The third kappa shape index (κ3) is 2.26. The van der Waals surface area contributed by atoms with Gasteiger partial charge in [-0.1, -0.05) is 23.8 Å². The summed E-state index contributed by atoms with van der Waals surface area (Å²) < 4.78 is 25.7. The van der Waals surface area contributed by atoms with Crippen LogP contribution in [0.15, 0.2) is 35.4 Å². The van der Waals surface area contributed by atoms with Gasteiger partial charge in [-0.15, -0.1) is 0 Å². The van der Waals surface area contributed by atoms with E-state index in [1.54, 1.807) is 0 Å². The maximum Gasteiger partial charge on any atom is 0.243 e. The molecule has 0 amide bonds. The molecule has 0 spiro atoms. The lowest BCUT2D eigenvalue weighted by atomic mass is 10.3. The first-order valence-electron chi connectivity index (χ1n) is 4.87. The van der Waals surface area contributed by atoms with Gasteiger partial charge in [0, 0.05) is 19.3 Å². The van der Waals surface area contributed by atoms with E-state index >= 15 is 0 Å². The van der Waals surface area contributed by atoms with Crippen LogP contribution in [0.1, 0.15) is 6.42 Å². The van der Waals surface area contributed by atoms with Crippen LogP contribution in [-0.4, -0.2) is 30.8 Å². The van der Waals surface area contributed by atoms with Crippen molar-refractivity contribution in [1.29, 1.82) is 0 Å². The van der Waals surface area contributed by atoms with E-state index in [4.69, 9.17) is 11.6 Å². The minimum absolute atomic E-state index is 0.189. The Morgan fingerprint density at radius 1 is 1.38 bits per heavy atom. The molecule has 1 aromatic heterocycles. The number of pyridine rings is 1. The molecule has 0 aliphatic carbocycles. The summed E-state index contributed by atoms with van der Waals surface area (Å²) in [6.45, 7) is 0.932. The van der Waals surface area contributed by atoms with Crippen molar-refractivity contribution in [1.82, 2.24) is 9.29 Å². The summed E-state index contributed by atoms with van der Waals surface area (Å²) >= 11 is 5.68. The van der Waals surface area contributed by atoms with E-state index in [0.717, 1.165) is 6.42 Å². The zero-order valence-corrected chi connectivity index (χ0v) is 10.1. The zero-order chi connectivity index (χ0) is 11.6. The first-order chi connectivity index (χ1) is 7.60. The standard InChI is InChI=1S/C10H11ClN2O2S/c11-10-8-9(4-5-12-10)16(14,15)13-6-2-1-3-7-13/h1-2,4-5,8H,3,6-7H2. The Bertz CT molecular complexity index is 513. The van der Waals surface area contributed by atoms with Crippen molar-refractivity contribution in [2.45, 2.75) is 11.3 Å². The van der Waals surface area contributed by atoms with Crippen LogP contribution < -0.4 is 0 Å². The van der Waals surface area contributed by atoms with E-state index in [2.05, 4.69) is 4.98 Å². The van der Waals surface area contributed by atoms with E-state index in [1.807, 2.05) is 12.2 Å². The Kier molecular flexibility index (Phi) is 3.28.